The zero-order chi connectivity index (χ0) is 8.69. The maximum absolute atomic E-state index is 10.2. The molecule has 0 unspecified atom stereocenters. The van der Waals surface area contributed by atoms with Gasteiger partial charge in [-0.25, -0.2) is 4.79 Å². The maximum Gasteiger partial charge on any atom is 0.346 e. The first-order chi connectivity index (χ1) is 5.20. The van der Waals surface area contributed by atoms with Crippen molar-refractivity contribution in [3.8, 4) is 0 Å². The number of nitrogen functional groups attached to an aromatic ring is 1. The topological polar surface area (TPSA) is 71.8 Å². The Morgan fingerprint density at radius 3 is 2.64 bits per heavy atom. The van der Waals surface area contributed by atoms with E-state index in [4.69, 9.17) is 5.73 Å². The zero-order valence-corrected chi connectivity index (χ0v) is 6.37. The van der Waals surface area contributed by atoms with Gasteiger partial charge in [-0.2, -0.15) is 4.98 Å². The predicted octanol–water partition coefficient (Wildman–Crippen LogP) is 0.544. The summed E-state index contributed by atoms with van der Waals surface area (Å²) in [5, 5.41) is 0. The minimum atomic E-state index is -0.412. The van der Waals surface area contributed by atoms with Crippen LogP contribution in [0.3, 0.4) is 0 Å². The quantitative estimate of drug-likeness (QED) is 0.534. The molecule has 0 spiro atoms. The summed E-state index contributed by atoms with van der Waals surface area (Å²) in [6, 6.07) is 1.52. The smallest absolute Gasteiger partial charge is 0.346 e. The number of hydrogen-bond acceptors (Lipinski definition) is 3. The fraction of sp³-hybridized carbons (Fsp3) is 0.143. The molecule has 0 aliphatic rings. The number of nitrogens with one attached hydrogen (secondary N) is 1. The van der Waals surface area contributed by atoms with E-state index >= 15 is 0 Å². The Balaban J connectivity index is 0.000000292. The van der Waals surface area contributed by atoms with Crippen LogP contribution in [0.15, 0.2) is 29.7 Å². The summed E-state index contributed by atoms with van der Waals surface area (Å²) in [6.45, 7) is 5.25. The Morgan fingerprint density at radius 2 is 2.36 bits per heavy atom. The van der Waals surface area contributed by atoms with Crippen LogP contribution in [0.1, 0.15) is 6.92 Å². The monoisotopic (exact) mass is 153 g/mol. The molecular weight excluding hydrogens is 142 g/mol. The van der Waals surface area contributed by atoms with Crippen LogP contribution in [0.25, 0.3) is 0 Å². The molecule has 60 valence electrons. The zero-order valence-electron chi connectivity index (χ0n) is 6.37. The average molecular weight is 153 g/mol. The number of nitrogens with two attached hydrogens (primary N) is 1. The van der Waals surface area contributed by atoms with Gasteiger partial charge in [-0.3, -0.25) is 0 Å². The van der Waals surface area contributed by atoms with Crippen LogP contribution < -0.4 is 11.4 Å². The Bertz CT molecular complexity index is 266. The van der Waals surface area contributed by atoms with Crippen molar-refractivity contribution in [2.24, 2.45) is 0 Å². The van der Waals surface area contributed by atoms with Gasteiger partial charge >= 0.3 is 5.69 Å². The van der Waals surface area contributed by atoms with Crippen LogP contribution in [-0.2, 0) is 0 Å². The Morgan fingerprint density at radius 1 is 1.82 bits per heavy atom. The lowest BCUT2D eigenvalue weighted by Crippen LogP contribution is -2.10. The van der Waals surface area contributed by atoms with Gasteiger partial charge < -0.3 is 10.7 Å². The van der Waals surface area contributed by atoms with E-state index in [1.807, 2.05) is 6.92 Å². The van der Waals surface area contributed by atoms with Gasteiger partial charge in [0.1, 0.15) is 5.82 Å². The molecule has 0 bridgehead atoms. The number of aromatic nitrogens is 2. The highest BCUT2D eigenvalue weighted by atomic mass is 16.1. The SMILES string of the molecule is C=CC.Nc1cc[nH]c(=O)n1. The molecule has 3 N–H and O–H groups in total. The molecule has 0 aliphatic carbocycles. The van der Waals surface area contributed by atoms with Crippen LogP contribution >= 0.6 is 0 Å². The highest BCUT2D eigenvalue weighted by Gasteiger charge is 1.81. The third-order valence-electron chi connectivity index (χ3n) is 0.692. The van der Waals surface area contributed by atoms with Crippen molar-refractivity contribution in [1.82, 2.24) is 9.97 Å². The molecule has 0 amide bonds. The number of allylic oxidation sites excluding steroid dienone is 1. The van der Waals surface area contributed by atoms with Crippen molar-refractivity contribution in [2.75, 3.05) is 5.73 Å². The third kappa shape index (κ3) is 4.90. The number of aromatic amines is 1. The third-order valence-corrected chi connectivity index (χ3v) is 0.692. The van der Waals surface area contributed by atoms with Crippen LogP contribution in [0.5, 0.6) is 0 Å². The van der Waals surface area contributed by atoms with Crippen LogP contribution in [0, 0.1) is 0 Å². The minimum Gasteiger partial charge on any atom is -0.383 e. The van der Waals surface area contributed by atoms with Gasteiger partial charge in [-0.05, 0) is 13.0 Å². The summed E-state index contributed by atoms with van der Waals surface area (Å²) < 4.78 is 0. The lowest BCUT2D eigenvalue weighted by atomic mass is 10.6. The second-order valence-electron chi connectivity index (χ2n) is 1.73. The summed E-state index contributed by atoms with van der Waals surface area (Å²) in [5.74, 6) is 0.244. The molecule has 1 aromatic heterocycles. The lowest BCUT2D eigenvalue weighted by Gasteiger charge is -1.83. The second-order valence-corrected chi connectivity index (χ2v) is 1.73. The Kier molecular flexibility index (Phi) is 4.47. The molecule has 0 aromatic carbocycles. The van der Waals surface area contributed by atoms with Crippen molar-refractivity contribution < 1.29 is 0 Å². The number of anilines is 1. The summed E-state index contributed by atoms with van der Waals surface area (Å²) in [5.41, 5.74) is 4.72. The fourth-order valence-electron chi connectivity index (χ4n) is 0.385. The van der Waals surface area contributed by atoms with E-state index < -0.39 is 5.69 Å². The van der Waals surface area contributed by atoms with E-state index in [9.17, 15) is 4.79 Å². The van der Waals surface area contributed by atoms with E-state index in [-0.39, 0.29) is 5.82 Å². The van der Waals surface area contributed by atoms with Gasteiger partial charge in [0.15, 0.2) is 0 Å². The van der Waals surface area contributed by atoms with Gasteiger partial charge in [0.05, 0.1) is 0 Å². The number of rotatable bonds is 0. The maximum atomic E-state index is 10.2. The summed E-state index contributed by atoms with van der Waals surface area (Å²) >= 11 is 0. The van der Waals surface area contributed by atoms with Gasteiger partial charge in [0.2, 0.25) is 0 Å². The first-order valence-electron chi connectivity index (χ1n) is 3.09. The van der Waals surface area contributed by atoms with Gasteiger partial charge in [0, 0.05) is 6.20 Å². The summed E-state index contributed by atoms with van der Waals surface area (Å²) in [6.07, 6.45) is 3.20. The van der Waals surface area contributed by atoms with Crippen molar-refractivity contribution in [3.05, 3.63) is 35.4 Å². The van der Waals surface area contributed by atoms with E-state index in [0.29, 0.717) is 0 Å². The molecule has 0 radical (unpaired) electrons. The Labute approximate surface area is 64.8 Å². The van der Waals surface area contributed by atoms with E-state index in [0.717, 1.165) is 0 Å². The molecule has 4 heteroatoms. The number of H-pyrrole nitrogens is 1. The second kappa shape index (κ2) is 5.22. The van der Waals surface area contributed by atoms with Gasteiger partial charge in [-0.1, -0.05) is 6.08 Å². The van der Waals surface area contributed by atoms with Crippen molar-refractivity contribution in [2.45, 2.75) is 6.92 Å². The molecule has 0 saturated carbocycles. The van der Waals surface area contributed by atoms with Gasteiger partial charge in [0.25, 0.3) is 0 Å². The molecule has 0 aliphatic heterocycles. The molecule has 11 heavy (non-hydrogen) atoms. The fourth-order valence-corrected chi connectivity index (χ4v) is 0.385. The first-order valence-corrected chi connectivity index (χ1v) is 3.09. The molecule has 0 atom stereocenters. The van der Waals surface area contributed by atoms with E-state index in [1.54, 1.807) is 6.08 Å². The standard InChI is InChI=1S/C4H5N3O.C3H6/c5-3-1-2-6-4(8)7-3;1-3-2/h1-2H,(H3,5,6,7,8);3H,1H2,2H3. The van der Waals surface area contributed by atoms with Crippen LogP contribution in [0.2, 0.25) is 0 Å². The molecule has 1 heterocycles. The molecule has 0 saturated heterocycles. The van der Waals surface area contributed by atoms with Crippen molar-refractivity contribution >= 4 is 5.82 Å². The molecular formula is C7H11N3O. The van der Waals surface area contributed by atoms with Gasteiger partial charge in [-0.15, -0.1) is 6.58 Å². The highest BCUT2D eigenvalue weighted by Crippen LogP contribution is 1.82. The molecule has 1 rings (SSSR count). The number of nitrogens with zero attached hydrogens (tertiary/aromatic N) is 1. The average Bonchev–Trinajstić information content (AvgIpc) is 1.88. The lowest BCUT2D eigenvalue weighted by molar-refractivity contribution is 1.08. The van der Waals surface area contributed by atoms with Crippen molar-refractivity contribution in [3.63, 3.8) is 0 Å². The van der Waals surface area contributed by atoms with E-state index in [1.165, 1.54) is 12.3 Å². The highest BCUT2D eigenvalue weighted by molar-refractivity contribution is 5.22. The predicted molar refractivity (Wildman–Crippen MR) is 45.1 cm³/mol. The first kappa shape index (κ1) is 9.42. The minimum absolute atomic E-state index is 0.244. The molecule has 0 fully saturated rings. The molecule has 1 aromatic rings. The van der Waals surface area contributed by atoms with Crippen LogP contribution in [0.4, 0.5) is 5.82 Å². The Hall–Kier alpha value is -1.58. The van der Waals surface area contributed by atoms with E-state index in [2.05, 4.69) is 16.5 Å². The molecule has 4 nitrogen and oxygen atoms in total. The largest absolute Gasteiger partial charge is 0.383 e. The number of hydrogen-bond donors (Lipinski definition) is 2. The normalized spacial score (nSPS) is 7.73. The summed E-state index contributed by atoms with van der Waals surface area (Å²) in [4.78, 5) is 15.9. The van der Waals surface area contributed by atoms with Crippen molar-refractivity contribution in [1.29, 1.82) is 0 Å². The summed E-state index contributed by atoms with van der Waals surface area (Å²) in [7, 11) is 0. The van der Waals surface area contributed by atoms with Crippen LogP contribution in [-0.4, -0.2) is 9.97 Å².